The molecule has 3 N–H and O–H groups in total. The number of aryl methyl sites for hydroxylation is 1. The largest absolute Gasteiger partial charge is 0.465 e. The fraction of sp³-hybridized carbons (Fsp3) is 0.308. The quantitative estimate of drug-likeness (QED) is 0.811. The normalized spacial score (nSPS) is 10.3. The topological polar surface area (TPSA) is 95.1 Å². The fourth-order valence-electron chi connectivity index (χ4n) is 1.80. The number of pyridine rings is 1. The summed E-state index contributed by atoms with van der Waals surface area (Å²) in [5.41, 5.74) is 8.59. The standard InChI is InChI=1S/C13H17N5O2/c1-8-9(7-17-18(8)2)6-16-12-11(14)10(4-5-15-12)13(19)20-3/h4-5,7H,6,14H2,1-3H3,(H,15,16). The minimum atomic E-state index is -0.481. The van der Waals surface area contributed by atoms with Crippen LogP contribution in [0.25, 0.3) is 0 Å². The Morgan fingerprint density at radius 3 is 2.90 bits per heavy atom. The van der Waals surface area contributed by atoms with E-state index >= 15 is 0 Å². The predicted molar refractivity (Wildman–Crippen MR) is 75.3 cm³/mol. The maximum atomic E-state index is 11.5. The molecule has 20 heavy (non-hydrogen) atoms. The van der Waals surface area contributed by atoms with E-state index in [-0.39, 0.29) is 5.69 Å². The Hall–Kier alpha value is -2.57. The number of carbonyl (C=O) groups excluding carboxylic acids is 1. The van der Waals surface area contributed by atoms with Gasteiger partial charge in [0.1, 0.15) is 5.82 Å². The van der Waals surface area contributed by atoms with Crippen molar-refractivity contribution in [1.29, 1.82) is 0 Å². The fourth-order valence-corrected chi connectivity index (χ4v) is 1.80. The van der Waals surface area contributed by atoms with Crippen LogP contribution in [-0.2, 0) is 18.3 Å². The molecule has 0 spiro atoms. The number of ether oxygens (including phenoxy) is 1. The second-order valence-electron chi connectivity index (χ2n) is 4.34. The van der Waals surface area contributed by atoms with Gasteiger partial charge in [-0.15, -0.1) is 0 Å². The first-order valence-electron chi connectivity index (χ1n) is 6.08. The first-order chi connectivity index (χ1) is 9.54. The number of hydrogen-bond acceptors (Lipinski definition) is 6. The van der Waals surface area contributed by atoms with Gasteiger partial charge in [0.2, 0.25) is 0 Å². The van der Waals surface area contributed by atoms with E-state index in [1.165, 1.54) is 19.4 Å². The molecule has 7 nitrogen and oxygen atoms in total. The predicted octanol–water partition coefficient (Wildman–Crippen LogP) is 1.10. The highest BCUT2D eigenvalue weighted by Crippen LogP contribution is 2.21. The Bertz CT molecular complexity index is 636. The van der Waals surface area contributed by atoms with E-state index in [2.05, 4.69) is 20.1 Å². The van der Waals surface area contributed by atoms with Crippen LogP contribution < -0.4 is 11.1 Å². The van der Waals surface area contributed by atoms with Crippen molar-refractivity contribution in [3.63, 3.8) is 0 Å². The van der Waals surface area contributed by atoms with Crippen molar-refractivity contribution in [3.8, 4) is 0 Å². The summed E-state index contributed by atoms with van der Waals surface area (Å²) in [5.74, 6) is -0.0262. The molecule has 0 aliphatic carbocycles. The zero-order valence-corrected chi connectivity index (χ0v) is 11.7. The molecule has 2 aromatic heterocycles. The van der Waals surface area contributed by atoms with Crippen molar-refractivity contribution in [1.82, 2.24) is 14.8 Å². The van der Waals surface area contributed by atoms with E-state index in [0.29, 0.717) is 17.9 Å². The van der Waals surface area contributed by atoms with E-state index in [0.717, 1.165) is 11.3 Å². The molecule has 0 unspecified atom stereocenters. The Balaban J connectivity index is 2.18. The molecule has 0 radical (unpaired) electrons. The summed E-state index contributed by atoms with van der Waals surface area (Å²) in [5, 5.41) is 7.27. The highest BCUT2D eigenvalue weighted by Gasteiger charge is 2.14. The third-order valence-electron chi connectivity index (χ3n) is 3.18. The second kappa shape index (κ2) is 5.60. The SMILES string of the molecule is COC(=O)c1ccnc(NCc2cnn(C)c2C)c1N. The molecule has 0 saturated carbocycles. The molecular formula is C13H17N5O2. The summed E-state index contributed by atoms with van der Waals surface area (Å²) in [6, 6.07) is 1.53. The lowest BCUT2D eigenvalue weighted by Crippen LogP contribution is -2.11. The third kappa shape index (κ3) is 2.56. The average Bonchev–Trinajstić information content (AvgIpc) is 2.77. The molecule has 0 fully saturated rings. The Morgan fingerprint density at radius 1 is 1.55 bits per heavy atom. The molecule has 2 heterocycles. The first-order valence-corrected chi connectivity index (χ1v) is 6.08. The molecule has 0 bridgehead atoms. The van der Waals surface area contributed by atoms with Gasteiger partial charge >= 0.3 is 5.97 Å². The number of nitrogens with two attached hydrogens (primary N) is 1. The van der Waals surface area contributed by atoms with Crippen LogP contribution in [-0.4, -0.2) is 27.8 Å². The molecule has 0 aliphatic heterocycles. The van der Waals surface area contributed by atoms with E-state index < -0.39 is 5.97 Å². The third-order valence-corrected chi connectivity index (χ3v) is 3.18. The van der Waals surface area contributed by atoms with Crippen LogP contribution in [0.1, 0.15) is 21.6 Å². The van der Waals surface area contributed by atoms with Crippen LogP contribution in [0.4, 0.5) is 11.5 Å². The van der Waals surface area contributed by atoms with E-state index in [1.54, 1.807) is 10.9 Å². The van der Waals surface area contributed by atoms with Gasteiger partial charge < -0.3 is 15.8 Å². The summed E-state index contributed by atoms with van der Waals surface area (Å²) in [6.07, 6.45) is 3.30. The number of nitrogens with one attached hydrogen (secondary N) is 1. The minimum Gasteiger partial charge on any atom is -0.465 e. The molecule has 0 saturated heterocycles. The smallest absolute Gasteiger partial charge is 0.340 e. The van der Waals surface area contributed by atoms with Crippen molar-refractivity contribution < 1.29 is 9.53 Å². The van der Waals surface area contributed by atoms with E-state index in [9.17, 15) is 4.79 Å². The molecule has 2 rings (SSSR count). The zero-order valence-electron chi connectivity index (χ0n) is 11.7. The van der Waals surface area contributed by atoms with Gasteiger partial charge in [-0.05, 0) is 13.0 Å². The van der Waals surface area contributed by atoms with Crippen LogP contribution in [0.3, 0.4) is 0 Å². The first kappa shape index (κ1) is 13.9. The molecule has 0 aliphatic rings. The van der Waals surface area contributed by atoms with Crippen LogP contribution in [0.5, 0.6) is 0 Å². The lowest BCUT2D eigenvalue weighted by atomic mass is 10.2. The number of aromatic nitrogens is 3. The van der Waals surface area contributed by atoms with E-state index in [4.69, 9.17) is 5.73 Å². The lowest BCUT2D eigenvalue weighted by Gasteiger charge is -2.10. The van der Waals surface area contributed by atoms with Gasteiger partial charge in [-0.3, -0.25) is 4.68 Å². The van der Waals surface area contributed by atoms with Gasteiger partial charge in [-0.1, -0.05) is 0 Å². The number of rotatable bonds is 4. The van der Waals surface area contributed by atoms with Crippen molar-refractivity contribution in [3.05, 3.63) is 35.3 Å². The number of nitrogens with zero attached hydrogens (tertiary/aromatic N) is 3. The molecule has 106 valence electrons. The van der Waals surface area contributed by atoms with Crippen molar-refractivity contribution >= 4 is 17.5 Å². The highest BCUT2D eigenvalue weighted by atomic mass is 16.5. The summed E-state index contributed by atoms with van der Waals surface area (Å²) < 4.78 is 6.46. The number of carbonyl (C=O) groups is 1. The Labute approximate surface area is 116 Å². The average molecular weight is 275 g/mol. The maximum Gasteiger partial charge on any atom is 0.340 e. The second-order valence-corrected chi connectivity index (χ2v) is 4.34. The molecule has 2 aromatic rings. The van der Waals surface area contributed by atoms with Gasteiger partial charge in [0.05, 0.1) is 24.6 Å². The molecule has 0 amide bonds. The minimum absolute atomic E-state index is 0.279. The Morgan fingerprint density at radius 2 is 2.30 bits per heavy atom. The maximum absolute atomic E-state index is 11.5. The molecule has 7 heteroatoms. The monoisotopic (exact) mass is 275 g/mol. The number of methoxy groups -OCH3 is 1. The molecule has 0 aromatic carbocycles. The van der Waals surface area contributed by atoms with Crippen LogP contribution in [0, 0.1) is 6.92 Å². The summed E-state index contributed by atoms with van der Waals surface area (Å²) >= 11 is 0. The van der Waals surface area contributed by atoms with Gasteiger partial charge in [0.15, 0.2) is 0 Å². The van der Waals surface area contributed by atoms with E-state index in [1.807, 2.05) is 14.0 Å². The van der Waals surface area contributed by atoms with Crippen LogP contribution in [0.15, 0.2) is 18.5 Å². The zero-order chi connectivity index (χ0) is 14.7. The number of esters is 1. The van der Waals surface area contributed by atoms with Crippen LogP contribution in [0.2, 0.25) is 0 Å². The molecular weight excluding hydrogens is 258 g/mol. The molecule has 0 atom stereocenters. The number of hydrogen-bond donors (Lipinski definition) is 2. The van der Waals surface area contributed by atoms with Gasteiger partial charge in [0, 0.05) is 31.0 Å². The summed E-state index contributed by atoms with van der Waals surface area (Å²) in [7, 11) is 3.19. The van der Waals surface area contributed by atoms with Gasteiger partial charge in [-0.2, -0.15) is 5.10 Å². The lowest BCUT2D eigenvalue weighted by molar-refractivity contribution is 0.0602. The summed E-state index contributed by atoms with van der Waals surface area (Å²) in [6.45, 7) is 2.51. The Kier molecular flexibility index (Phi) is 3.88. The number of nitrogen functional groups attached to an aromatic ring is 1. The van der Waals surface area contributed by atoms with Crippen LogP contribution >= 0.6 is 0 Å². The highest BCUT2D eigenvalue weighted by molar-refractivity contribution is 5.97. The number of anilines is 2. The summed E-state index contributed by atoms with van der Waals surface area (Å²) in [4.78, 5) is 15.7. The van der Waals surface area contributed by atoms with Gasteiger partial charge in [0.25, 0.3) is 0 Å². The van der Waals surface area contributed by atoms with Crippen molar-refractivity contribution in [2.45, 2.75) is 13.5 Å². The van der Waals surface area contributed by atoms with Crippen molar-refractivity contribution in [2.24, 2.45) is 7.05 Å². The van der Waals surface area contributed by atoms with Crippen molar-refractivity contribution in [2.75, 3.05) is 18.2 Å². The van der Waals surface area contributed by atoms with Gasteiger partial charge in [-0.25, -0.2) is 9.78 Å².